The molecule has 1 aliphatic carbocycles. The lowest BCUT2D eigenvalue weighted by atomic mass is 9.80. The molecule has 0 saturated heterocycles. The lowest BCUT2D eigenvalue weighted by Crippen LogP contribution is -2.07. The maximum Gasteiger partial charge on any atom is 0.121 e. The van der Waals surface area contributed by atoms with Gasteiger partial charge in [-0.2, -0.15) is 0 Å². The number of phenolic OH excluding ortho intramolecular Hbond substituents is 1. The van der Waals surface area contributed by atoms with E-state index < -0.39 is 23.7 Å². The molecule has 0 aromatic heterocycles. The first-order valence-electron chi connectivity index (χ1n) is 14.3. The largest absolute Gasteiger partial charge is 0.508 e. The Kier molecular flexibility index (Phi) is 8.73. The molecule has 0 fully saturated rings. The Morgan fingerprint density at radius 2 is 0.532 bits per heavy atom. The van der Waals surface area contributed by atoms with Crippen LogP contribution in [0.5, 0.6) is 5.75 Å². The third-order valence-electron chi connectivity index (χ3n) is 9.12. The number of aromatic hydroxyl groups is 1. The Morgan fingerprint density at radius 1 is 0.340 bits per heavy atom. The molecule has 4 unspecified atom stereocenters. The Balaban J connectivity index is 1.98. The van der Waals surface area contributed by atoms with Crippen LogP contribution in [0.15, 0.2) is 84.8 Å². The molecule has 15 heteroatoms. The number of nitrogens with zero attached hydrogens (tertiary/aromatic N) is 7. The highest BCUT2D eigenvalue weighted by molar-refractivity contribution is 5.72. The predicted molar refractivity (Wildman–Crippen MR) is 176 cm³/mol. The van der Waals surface area contributed by atoms with E-state index in [2.05, 4.69) is 36.2 Å². The van der Waals surface area contributed by atoms with E-state index in [1.54, 1.807) is 27.7 Å². The standard InChI is InChI=1S/C32H25N7O8/c1-13-17-5-18(26(34-42)9-25(17)33-41)14(2)21-7-22(30(38-46)11-29(21)37-45)16(4)24-8-23(31(39-47)12-32(24)40)15(3)20-6-19(13)27(35-43)10-28(20)36-44/h5-16,40H,1-4H3. The minimum Gasteiger partial charge on any atom is -0.508 e. The summed E-state index contributed by atoms with van der Waals surface area (Å²) in [5.74, 6) is -3.50. The van der Waals surface area contributed by atoms with Crippen molar-refractivity contribution in [1.29, 1.82) is 0 Å². The number of nitroso groups, excluding NO2 is 7. The first-order chi connectivity index (χ1) is 22.6. The molecule has 0 radical (unpaired) electrons. The summed E-state index contributed by atoms with van der Waals surface area (Å²) in [4.78, 5) is 84.3. The second kappa shape index (κ2) is 12.7. The van der Waals surface area contributed by atoms with Crippen molar-refractivity contribution in [3.05, 3.63) is 127 Å². The van der Waals surface area contributed by atoms with Gasteiger partial charge in [0.25, 0.3) is 0 Å². The molecule has 0 spiro atoms. The van der Waals surface area contributed by atoms with Crippen LogP contribution >= 0.6 is 0 Å². The normalized spacial score (nSPS) is 18.5. The van der Waals surface area contributed by atoms with Gasteiger partial charge in [0.2, 0.25) is 0 Å². The van der Waals surface area contributed by atoms with Gasteiger partial charge in [0.05, 0.1) is 0 Å². The van der Waals surface area contributed by atoms with Gasteiger partial charge in [0.15, 0.2) is 0 Å². The highest BCUT2D eigenvalue weighted by Gasteiger charge is 2.30. The molecule has 1 N–H and O–H groups in total. The van der Waals surface area contributed by atoms with Crippen molar-refractivity contribution in [2.45, 2.75) is 51.4 Å². The summed E-state index contributed by atoms with van der Waals surface area (Å²) in [6.45, 7) is 6.64. The second-order valence-electron chi connectivity index (χ2n) is 11.4. The molecule has 47 heavy (non-hydrogen) atoms. The van der Waals surface area contributed by atoms with Crippen molar-refractivity contribution in [3.8, 4) is 5.75 Å². The van der Waals surface area contributed by atoms with Crippen LogP contribution in [0.2, 0.25) is 0 Å². The fourth-order valence-corrected chi connectivity index (χ4v) is 6.44. The van der Waals surface area contributed by atoms with E-state index in [9.17, 15) is 39.5 Å². The van der Waals surface area contributed by atoms with Crippen molar-refractivity contribution >= 4 is 39.8 Å². The maximum absolute atomic E-state index is 12.1. The average Bonchev–Trinajstić information content (AvgIpc) is 3.11. The first kappa shape index (κ1) is 32.3. The van der Waals surface area contributed by atoms with Gasteiger partial charge in [-0.05, 0) is 99.4 Å². The summed E-state index contributed by atoms with van der Waals surface area (Å²) in [7, 11) is 0. The molecule has 4 atom stereocenters. The van der Waals surface area contributed by atoms with Gasteiger partial charge < -0.3 is 5.11 Å². The van der Waals surface area contributed by atoms with Crippen LogP contribution < -0.4 is 0 Å². The molecule has 0 amide bonds. The molecule has 1 aliphatic rings. The minimum atomic E-state index is -0.804. The zero-order valence-electron chi connectivity index (χ0n) is 25.4. The number of rotatable bonds is 7. The van der Waals surface area contributed by atoms with E-state index >= 15 is 0 Å². The molecular weight excluding hydrogens is 610 g/mol. The summed E-state index contributed by atoms with van der Waals surface area (Å²) in [6.07, 6.45) is 0. The van der Waals surface area contributed by atoms with Crippen LogP contribution in [0.3, 0.4) is 0 Å². The molecule has 8 bridgehead atoms. The molecule has 236 valence electrons. The number of benzene rings is 4. The highest BCUT2D eigenvalue weighted by Crippen LogP contribution is 2.50. The SMILES string of the molecule is CC1c2cc(c(N=O)cc2O)C(C)c2cc(c(N=O)cc2N=O)C(C)c2cc(c(N=O)cc2N=O)C(C)c2cc1c(N=O)cc2N=O. The van der Waals surface area contributed by atoms with Crippen LogP contribution in [0.1, 0.15) is 95.9 Å². The smallest absolute Gasteiger partial charge is 0.121 e. The van der Waals surface area contributed by atoms with E-state index in [4.69, 9.17) is 0 Å². The topological polar surface area (TPSA) is 226 Å². The molecule has 0 saturated carbocycles. The maximum atomic E-state index is 12.1. The minimum absolute atomic E-state index is 0.145. The molecule has 4 aromatic rings. The first-order valence-corrected chi connectivity index (χ1v) is 14.3. The van der Waals surface area contributed by atoms with E-state index in [1.165, 1.54) is 42.5 Å². The summed E-state index contributed by atoms with van der Waals surface area (Å²) in [5, 5.41) is 32.7. The number of phenols is 1. The van der Waals surface area contributed by atoms with Crippen LogP contribution in [0.4, 0.5) is 39.8 Å². The molecule has 0 aliphatic heterocycles. The lowest BCUT2D eigenvalue weighted by molar-refractivity contribution is 0.466. The summed E-state index contributed by atoms with van der Waals surface area (Å²) in [5.41, 5.74) is 1.09. The van der Waals surface area contributed by atoms with Crippen LogP contribution in [0, 0.1) is 34.3 Å². The van der Waals surface area contributed by atoms with Gasteiger partial charge in [-0.25, -0.2) is 0 Å². The fourth-order valence-electron chi connectivity index (χ4n) is 6.44. The van der Waals surface area contributed by atoms with Crippen LogP contribution in [-0.2, 0) is 0 Å². The Bertz CT molecular complexity index is 2020. The molecule has 15 nitrogen and oxygen atoms in total. The average molecular weight is 636 g/mol. The van der Waals surface area contributed by atoms with Gasteiger partial charge in [-0.1, -0.05) is 45.9 Å². The van der Waals surface area contributed by atoms with Crippen molar-refractivity contribution < 1.29 is 5.11 Å². The Labute approximate surface area is 265 Å². The fraction of sp³-hybridized carbons (Fsp3) is 0.250. The van der Waals surface area contributed by atoms with E-state index in [0.29, 0.717) is 0 Å². The van der Waals surface area contributed by atoms with Crippen LogP contribution in [0.25, 0.3) is 0 Å². The van der Waals surface area contributed by atoms with Gasteiger partial charge in [-0.3, -0.25) is 0 Å². The molecular formula is C32H25N7O8. The zero-order chi connectivity index (χ0) is 34.2. The number of hydrogen-bond acceptors (Lipinski definition) is 15. The van der Waals surface area contributed by atoms with Gasteiger partial charge in [0, 0.05) is 35.3 Å². The van der Waals surface area contributed by atoms with Crippen molar-refractivity contribution in [1.82, 2.24) is 0 Å². The summed E-state index contributed by atoms with van der Waals surface area (Å²) < 4.78 is 0. The Hall–Kier alpha value is -6.12. The van der Waals surface area contributed by atoms with Gasteiger partial charge in [0.1, 0.15) is 45.6 Å². The van der Waals surface area contributed by atoms with E-state index in [-0.39, 0.29) is 90.1 Å². The molecule has 0 heterocycles. The third kappa shape index (κ3) is 5.30. The van der Waals surface area contributed by atoms with Gasteiger partial charge in [-0.15, -0.1) is 34.3 Å². The van der Waals surface area contributed by atoms with Crippen molar-refractivity contribution in [2.75, 3.05) is 0 Å². The van der Waals surface area contributed by atoms with Crippen molar-refractivity contribution in [2.24, 2.45) is 36.2 Å². The highest BCUT2D eigenvalue weighted by atomic mass is 16.3. The van der Waals surface area contributed by atoms with E-state index in [0.717, 1.165) is 6.07 Å². The van der Waals surface area contributed by atoms with Crippen molar-refractivity contribution in [3.63, 3.8) is 0 Å². The zero-order valence-corrected chi connectivity index (χ0v) is 25.4. The third-order valence-corrected chi connectivity index (χ3v) is 9.12. The number of hydrogen-bond donors (Lipinski definition) is 1. The summed E-state index contributed by atoms with van der Waals surface area (Å²) in [6, 6.07) is 10.7. The number of fused-ring (bicyclic) bond motifs is 8. The second-order valence-corrected chi connectivity index (χ2v) is 11.4. The van der Waals surface area contributed by atoms with Crippen LogP contribution in [-0.4, -0.2) is 5.11 Å². The quantitative estimate of drug-likeness (QED) is 0.191. The Morgan fingerprint density at radius 3 is 0.766 bits per heavy atom. The lowest BCUT2D eigenvalue weighted by Gasteiger charge is -2.25. The van der Waals surface area contributed by atoms with Gasteiger partial charge >= 0.3 is 0 Å². The van der Waals surface area contributed by atoms with E-state index in [1.807, 2.05) is 0 Å². The monoisotopic (exact) mass is 635 g/mol. The molecule has 4 aromatic carbocycles. The predicted octanol–water partition coefficient (Wildman–Crippen LogP) is 11.1. The molecule has 5 rings (SSSR count). The summed E-state index contributed by atoms with van der Waals surface area (Å²) >= 11 is 0.